The van der Waals surface area contributed by atoms with Crippen molar-refractivity contribution >= 4 is 5.69 Å². The van der Waals surface area contributed by atoms with Crippen molar-refractivity contribution in [2.75, 3.05) is 4.90 Å². The van der Waals surface area contributed by atoms with E-state index in [1.165, 1.54) is 12.1 Å². The highest BCUT2D eigenvalue weighted by Crippen LogP contribution is 2.35. The quantitative estimate of drug-likeness (QED) is 0.855. The normalized spacial score (nSPS) is 14.1. The standard InChI is InChI=1S/C15H12F2N2O/c16-14-10(8-18)3-6-13(15(14)17)19(11-4-5-11)9-12-2-1-7-20-12/h1-3,6-7,11H,4-5,9H2. The summed E-state index contributed by atoms with van der Waals surface area (Å²) >= 11 is 0. The molecule has 3 nitrogen and oxygen atoms in total. The Balaban J connectivity index is 1.96. The molecule has 1 aliphatic rings. The van der Waals surface area contributed by atoms with Gasteiger partial charge in [-0.1, -0.05) is 0 Å². The molecule has 102 valence electrons. The number of benzene rings is 1. The molecular formula is C15H12F2N2O. The van der Waals surface area contributed by atoms with E-state index in [2.05, 4.69) is 0 Å². The van der Waals surface area contributed by atoms with Crippen LogP contribution < -0.4 is 4.90 Å². The van der Waals surface area contributed by atoms with Crippen molar-refractivity contribution in [3.05, 3.63) is 53.5 Å². The molecule has 0 atom stereocenters. The van der Waals surface area contributed by atoms with Gasteiger partial charge in [0, 0.05) is 6.04 Å². The monoisotopic (exact) mass is 274 g/mol. The van der Waals surface area contributed by atoms with Gasteiger partial charge in [0.05, 0.1) is 24.1 Å². The Morgan fingerprint density at radius 2 is 2.05 bits per heavy atom. The summed E-state index contributed by atoms with van der Waals surface area (Å²) in [6, 6.07) is 8.16. The van der Waals surface area contributed by atoms with Crippen LogP contribution in [0.3, 0.4) is 0 Å². The molecule has 2 aromatic rings. The zero-order chi connectivity index (χ0) is 14.1. The Hall–Kier alpha value is -2.35. The Labute approximate surface area is 115 Å². The smallest absolute Gasteiger partial charge is 0.183 e. The molecule has 1 fully saturated rings. The third-order valence-electron chi connectivity index (χ3n) is 3.39. The molecule has 0 aliphatic heterocycles. The third-order valence-corrected chi connectivity index (χ3v) is 3.39. The molecule has 0 radical (unpaired) electrons. The molecule has 20 heavy (non-hydrogen) atoms. The van der Waals surface area contributed by atoms with Gasteiger partial charge in [-0.15, -0.1) is 0 Å². The maximum atomic E-state index is 14.1. The van der Waals surface area contributed by atoms with Gasteiger partial charge in [-0.2, -0.15) is 5.26 Å². The van der Waals surface area contributed by atoms with Crippen molar-refractivity contribution in [3.8, 4) is 6.07 Å². The summed E-state index contributed by atoms with van der Waals surface area (Å²) in [7, 11) is 0. The van der Waals surface area contributed by atoms with Gasteiger partial charge in [-0.3, -0.25) is 0 Å². The van der Waals surface area contributed by atoms with Crippen LogP contribution in [-0.2, 0) is 6.54 Å². The first kappa shape index (κ1) is 12.7. The van der Waals surface area contributed by atoms with E-state index in [9.17, 15) is 8.78 Å². The molecule has 0 unspecified atom stereocenters. The Morgan fingerprint density at radius 1 is 1.25 bits per heavy atom. The minimum atomic E-state index is -1.09. The first-order valence-corrected chi connectivity index (χ1v) is 6.38. The van der Waals surface area contributed by atoms with Crippen LogP contribution in [0, 0.1) is 23.0 Å². The van der Waals surface area contributed by atoms with Crippen molar-refractivity contribution in [1.82, 2.24) is 0 Å². The molecule has 1 saturated carbocycles. The summed E-state index contributed by atoms with van der Waals surface area (Å²) < 4.78 is 33.1. The highest BCUT2D eigenvalue weighted by molar-refractivity contribution is 5.53. The first-order valence-electron chi connectivity index (χ1n) is 6.38. The maximum Gasteiger partial charge on any atom is 0.183 e. The van der Waals surface area contributed by atoms with Gasteiger partial charge in [0.2, 0.25) is 0 Å². The SMILES string of the molecule is N#Cc1ccc(N(Cc2ccco2)C2CC2)c(F)c1F. The Bertz CT molecular complexity index is 657. The van der Waals surface area contributed by atoms with Crippen LogP contribution in [0.15, 0.2) is 34.9 Å². The van der Waals surface area contributed by atoms with Gasteiger partial charge >= 0.3 is 0 Å². The van der Waals surface area contributed by atoms with E-state index in [4.69, 9.17) is 9.68 Å². The zero-order valence-corrected chi connectivity index (χ0v) is 10.6. The fourth-order valence-electron chi connectivity index (χ4n) is 2.22. The van der Waals surface area contributed by atoms with Crippen LogP contribution in [0.25, 0.3) is 0 Å². The molecule has 5 heteroatoms. The molecule has 3 rings (SSSR count). The van der Waals surface area contributed by atoms with Crippen molar-refractivity contribution < 1.29 is 13.2 Å². The van der Waals surface area contributed by atoms with Gasteiger partial charge < -0.3 is 9.32 Å². The van der Waals surface area contributed by atoms with Crippen LogP contribution in [0.5, 0.6) is 0 Å². The van der Waals surface area contributed by atoms with Gasteiger partial charge in [0.25, 0.3) is 0 Å². The molecule has 0 N–H and O–H groups in total. The van der Waals surface area contributed by atoms with Crippen LogP contribution in [0.4, 0.5) is 14.5 Å². The van der Waals surface area contributed by atoms with Crippen LogP contribution >= 0.6 is 0 Å². The van der Waals surface area contributed by atoms with E-state index in [-0.39, 0.29) is 17.3 Å². The lowest BCUT2D eigenvalue weighted by Gasteiger charge is -2.24. The minimum Gasteiger partial charge on any atom is -0.467 e. The summed E-state index contributed by atoms with van der Waals surface area (Å²) in [5.74, 6) is -1.36. The number of anilines is 1. The predicted octanol–water partition coefficient (Wildman–Crippen LogP) is 3.60. The first-order chi connectivity index (χ1) is 9.70. The maximum absolute atomic E-state index is 14.1. The number of nitrogens with zero attached hydrogens (tertiary/aromatic N) is 2. The molecular weight excluding hydrogens is 262 g/mol. The predicted molar refractivity (Wildman–Crippen MR) is 69.0 cm³/mol. The number of hydrogen-bond donors (Lipinski definition) is 0. The number of rotatable bonds is 4. The number of hydrogen-bond acceptors (Lipinski definition) is 3. The van der Waals surface area contributed by atoms with Gasteiger partial charge in [0.1, 0.15) is 11.8 Å². The van der Waals surface area contributed by atoms with Gasteiger partial charge in [-0.05, 0) is 37.1 Å². The van der Waals surface area contributed by atoms with Crippen molar-refractivity contribution in [3.63, 3.8) is 0 Å². The molecule has 1 aromatic carbocycles. The van der Waals surface area contributed by atoms with Crippen molar-refractivity contribution in [2.24, 2.45) is 0 Å². The highest BCUT2D eigenvalue weighted by atomic mass is 19.2. The Morgan fingerprint density at radius 3 is 2.65 bits per heavy atom. The molecule has 1 aromatic heterocycles. The second-order valence-electron chi connectivity index (χ2n) is 4.81. The van der Waals surface area contributed by atoms with Crippen molar-refractivity contribution in [2.45, 2.75) is 25.4 Å². The minimum absolute atomic E-state index is 0.181. The molecule has 1 aliphatic carbocycles. The average Bonchev–Trinajstić information content (AvgIpc) is 3.17. The van der Waals surface area contributed by atoms with E-state index in [1.54, 1.807) is 29.4 Å². The van der Waals surface area contributed by atoms with Crippen molar-refractivity contribution in [1.29, 1.82) is 5.26 Å². The summed E-state index contributed by atoms with van der Waals surface area (Å²) in [4.78, 5) is 1.79. The fourth-order valence-corrected chi connectivity index (χ4v) is 2.22. The highest BCUT2D eigenvalue weighted by Gasteiger charge is 2.32. The van der Waals surface area contributed by atoms with E-state index in [0.29, 0.717) is 12.3 Å². The number of nitriles is 1. The van der Waals surface area contributed by atoms with E-state index < -0.39 is 11.6 Å². The van der Waals surface area contributed by atoms with E-state index >= 15 is 0 Å². The lowest BCUT2D eigenvalue weighted by molar-refractivity contribution is 0.486. The van der Waals surface area contributed by atoms with Gasteiger partial charge in [0.15, 0.2) is 11.6 Å². The van der Waals surface area contributed by atoms with Crippen LogP contribution in [-0.4, -0.2) is 6.04 Å². The molecule has 0 bridgehead atoms. The summed E-state index contributed by atoms with van der Waals surface area (Å²) in [6.07, 6.45) is 3.44. The Kier molecular flexibility index (Phi) is 3.15. The zero-order valence-electron chi connectivity index (χ0n) is 10.6. The van der Waals surface area contributed by atoms with Crippen LogP contribution in [0.2, 0.25) is 0 Å². The second kappa shape index (κ2) is 4.97. The largest absolute Gasteiger partial charge is 0.467 e. The van der Waals surface area contributed by atoms with E-state index in [0.717, 1.165) is 12.8 Å². The second-order valence-corrected chi connectivity index (χ2v) is 4.81. The van der Waals surface area contributed by atoms with E-state index in [1.807, 2.05) is 0 Å². The number of furan rings is 1. The lowest BCUT2D eigenvalue weighted by Crippen LogP contribution is -2.26. The van der Waals surface area contributed by atoms with Gasteiger partial charge in [-0.25, -0.2) is 8.78 Å². The average molecular weight is 274 g/mol. The summed E-state index contributed by atoms with van der Waals surface area (Å²) in [5, 5.41) is 8.72. The van der Waals surface area contributed by atoms with Crippen LogP contribution in [0.1, 0.15) is 24.2 Å². The number of halogens is 2. The molecule has 0 saturated heterocycles. The third kappa shape index (κ3) is 2.25. The topological polar surface area (TPSA) is 40.2 Å². The lowest BCUT2D eigenvalue weighted by atomic mass is 10.1. The molecule has 1 heterocycles. The summed E-state index contributed by atoms with van der Waals surface area (Å²) in [5.41, 5.74) is -0.0969. The fraction of sp³-hybridized carbons (Fsp3) is 0.267. The summed E-state index contributed by atoms with van der Waals surface area (Å²) in [6.45, 7) is 0.389. The molecule has 0 spiro atoms. The molecule has 0 amide bonds.